The van der Waals surface area contributed by atoms with Gasteiger partial charge < -0.3 is 42.6 Å². The van der Waals surface area contributed by atoms with Crippen molar-refractivity contribution in [3.05, 3.63) is 24.3 Å². The van der Waals surface area contributed by atoms with E-state index in [0.717, 1.165) is 0 Å². The summed E-state index contributed by atoms with van der Waals surface area (Å²) in [6, 6.07) is -3.06. The van der Waals surface area contributed by atoms with E-state index in [-0.39, 0.29) is 18.5 Å². The number of rotatable bonds is 11. The van der Waals surface area contributed by atoms with E-state index in [1.807, 2.05) is 0 Å². The molecular weight excluding hydrogens is 424 g/mol. The Kier molecular flexibility index (Phi) is 10.3. The first-order chi connectivity index (χ1) is 15.0. The van der Waals surface area contributed by atoms with Crippen LogP contribution in [0.4, 0.5) is 4.79 Å². The van der Waals surface area contributed by atoms with E-state index >= 15 is 0 Å². The topological polar surface area (TPSA) is 215 Å². The molecule has 13 nitrogen and oxygen atoms in total. The molecule has 0 saturated heterocycles. The van der Waals surface area contributed by atoms with Crippen LogP contribution in [0.5, 0.6) is 0 Å². The lowest BCUT2D eigenvalue weighted by molar-refractivity contribution is -0.128. The molecule has 0 aliphatic heterocycles. The molecule has 0 aromatic carbocycles. The van der Waals surface area contributed by atoms with Gasteiger partial charge in [0.25, 0.3) is 0 Å². The number of nitrogens with two attached hydrogens (primary N) is 2. The van der Waals surface area contributed by atoms with Gasteiger partial charge in [-0.1, -0.05) is 12.2 Å². The van der Waals surface area contributed by atoms with Crippen molar-refractivity contribution in [2.45, 2.75) is 50.1 Å². The number of aliphatic hydroxyl groups excluding tert-OH is 1. The van der Waals surface area contributed by atoms with Gasteiger partial charge in [0, 0.05) is 18.5 Å². The van der Waals surface area contributed by atoms with Gasteiger partial charge in [-0.25, -0.2) is 4.79 Å². The van der Waals surface area contributed by atoms with Crippen LogP contribution < -0.4 is 32.7 Å². The zero-order chi connectivity index (χ0) is 24.4. The van der Waals surface area contributed by atoms with Crippen LogP contribution in [0.1, 0.15) is 19.8 Å². The van der Waals surface area contributed by atoms with E-state index in [1.54, 1.807) is 14.0 Å². The molecule has 13 heteroatoms. The van der Waals surface area contributed by atoms with Gasteiger partial charge in [0.1, 0.15) is 18.2 Å². The summed E-state index contributed by atoms with van der Waals surface area (Å²) in [4.78, 5) is 59.6. The Morgan fingerprint density at radius 1 is 1.31 bits per heavy atom. The largest absolute Gasteiger partial charge is 0.443 e. The van der Waals surface area contributed by atoms with E-state index < -0.39 is 66.5 Å². The van der Waals surface area contributed by atoms with E-state index in [2.05, 4.69) is 27.8 Å². The van der Waals surface area contributed by atoms with Gasteiger partial charge in [-0.05, 0) is 14.0 Å². The van der Waals surface area contributed by atoms with Gasteiger partial charge in [0.15, 0.2) is 0 Å². The molecule has 9 N–H and O–H groups in total. The molecule has 178 valence electrons. The minimum Gasteiger partial charge on any atom is -0.443 e. The third-order valence-corrected chi connectivity index (χ3v) is 4.68. The van der Waals surface area contributed by atoms with Crippen molar-refractivity contribution in [1.82, 2.24) is 21.3 Å². The van der Waals surface area contributed by atoms with Crippen molar-refractivity contribution in [3.8, 4) is 0 Å². The first-order valence-corrected chi connectivity index (χ1v) is 9.80. The zero-order valence-corrected chi connectivity index (χ0v) is 17.9. The maximum atomic E-state index is 12.7. The summed E-state index contributed by atoms with van der Waals surface area (Å²) in [6.07, 6.45) is -1.49. The number of hydrogen-bond acceptors (Lipinski definition) is 8. The Balaban J connectivity index is 3.11. The number of hydrogen-bond donors (Lipinski definition) is 7. The predicted molar refractivity (Wildman–Crippen MR) is 113 cm³/mol. The average molecular weight is 454 g/mol. The Hall–Kier alpha value is -3.45. The van der Waals surface area contributed by atoms with Crippen LogP contribution in [0.25, 0.3) is 0 Å². The number of likely N-dealkylation sites (N-methyl/N-ethyl adjacent to an activating group) is 1. The number of ether oxygens (including phenoxy) is 1. The first kappa shape index (κ1) is 26.6. The number of amides is 5. The van der Waals surface area contributed by atoms with Crippen molar-refractivity contribution < 1.29 is 33.8 Å². The van der Waals surface area contributed by atoms with Crippen molar-refractivity contribution in [2.24, 2.45) is 11.5 Å². The van der Waals surface area contributed by atoms with Crippen molar-refractivity contribution in [2.75, 3.05) is 13.6 Å². The molecule has 0 heterocycles. The van der Waals surface area contributed by atoms with Gasteiger partial charge >= 0.3 is 6.09 Å². The minimum atomic E-state index is -1.37. The molecule has 1 aliphatic carbocycles. The molecule has 5 atom stereocenters. The molecule has 0 spiro atoms. The Morgan fingerprint density at radius 3 is 2.50 bits per heavy atom. The lowest BCUT2D eigenvalue weighted by Crippen LogP contribution is -2.56. The highest BCUT2D eigenvalue weighted by Gasteiger charge is 2.38. The molecule has 5 amide bonds. The second kappa shape index (κ2) is 12.4. The molecule has 1 aliphatic rings. The van der Waals surface area contributed by atoms with Crippen molar-refractivity contribution >= 4 is 29.7 Å². The monoisotopic (exact) mass is 454 g/mol. The summed E-state index contributed by atoms with van der Waals surface area (Å²) in [6.45, 7) is 5.15. The quantitative estimate of drug-likeness (QED) is 0.158. The minimum absolute atomic E-state index is 0.00467. The zero-order valence-electron chi connectivity index (χ0n) is 17.9. The third-order valence-electron chi connectivity index (χ3n) is 4.68. The van der Waals surface area contributed by atoms with Crippen LogP contribution in [-0.2, 0) is 23.9 Å². The van der Waals surface area contributed by atoms with Crippen LogP contribution in [0.2, 0.25) is 0 Å². The smallest absolute Gasteiger partial charge is 0.407 e. The second-order valence-electron chi connectivity index (χ2n) is 7.14. The molecule has 0 aromatic rings. The van der Waals surface area contributed by atoms with Crippen molar-refractivity contribution in [3.63, 3.8) is 0 Å². The summed E-state index contributed by atoms with van der Waals surface area (Å²) in [5, 5.41) is 20.6. The number of aliphatic hydroxyl groups is 1. The fraction of sp³-hybridized carbons (Fsp3) is 0.526. The average Bonchev–Trinajstić information content (AvgIpc) is 2.73. The summed E-state index contributed by atoms with van der Waals surface area (Å²) in [5.74, 6) is -3.11. The molecular formula is C19H30N6O7. The van der Waals surface area contributed by atoms with Gasteiger partial charge in [0.2, 0.25) is 23.6 Å². The highest BCUT2D eigenvalue weighted by atomic mass is 16.6. The van der Waals surface area contributed by atoms with Gasteiger partial charge in [0.05, 0.1) is 18.5 Å². The molecule has 32 heavy (non-hydrogen) atoms. The molecule has 0 bridgehead atoms. The van der Waals surface area contributed by atoms with Crippen LogP contribution in [-0.4, -0.2) is 78.8 Å². The van der Waals surface area contributed by atoms with Crippen LogP contribution in [0.3, 0.4) is 0 Å². The summed E-state index contributed by atoms with van der Waals surface area (Å²) in [7, 11) is 1.56. The summed E-state index contributed by atoms with van der Waals surface area (Å²) >= 11 is 0. The van der Waals surface area contributed by atoms with E-state index in [0.29, 0.717) is 0 Å². The second-order valence-corrected chi connectivity index (χ2v) is 7.14. The van der Waals surface area contributed by atoms with E-state index in [9.17, 15) is 29.1 Å². The SMILES string of the molecule is C=CCNC(=O)OC1CC(C(=O)NC(CC(N)=O)C(N)=O)=CC(NC(=O)C(C)NC)C1O. The molecule has 0 radical (unpaired) electrons. The molecule has 0 aromatic heterocycles. The number of carbonyl (C=O) groups is 5. The Bertz CT molecular complexity index is 784. The number of nitrogens with one attached hydrogen (secondary N) is 4. The molecule has 0 saturated carbocycles. The highest BCUT2D eigenvalue weighted by Crippen LogP contribution is 2.23. The maximum Gasteiger partial charge on any atom is 0.407 e. The van der Waals surface area contributed by atoms with E-state index in [4.69, 9.17) is 16.2 Å². The Morgan fingerprint density at radius 2 is 1.97 bits per heavy atom. The summed E-state index contributed by atoms with van der Waals surface area (Å²) < 4.78 is 5.20. The predicted octanol–water partition coefficient (Wildman–Crippen LogP) is -3.10. The highest BCUT2D eigenvalue weighted by molar-refractivity contribution is 5.98. The van der Waals surface area contributed by atoms with Gasteiger partial charge in [-0.15, -0.1) is 6.58 Å². The fourth-order valence-corrected chi connectivity index (χ4v) is 2.79. The lowest BCUT2D eigenvalue weighted by atomic mass is 9.89. The van der Waals surface area contributed by atoms with Gasteiger partial charge in [-0.2, -0.15) is 0 Å². The third kappa shape index (κ3) is 8.00. The maximum absolute atomic E-state index is 12.7. The lowest BCUT2D eigenvalue weighted by Gasteiger charge is -2.34. The normalized spacial score (nSPS) is 21.8. The number of primary amides is 2. The van der Waals surface area contributed by atoms with Crippen LogP contribution >= 0.6 is 0 Å². The van der Waals surface area contributed by atoms with Crippen LogP contribution in [0, 0.1) is 0 Å². The van der Waals surface area contributed by atoms with Gasteiger partial charge in [-0.3, -0.25) is 19.2 Å². The first-order valence-electron chi connectivity index (χ1n) is 9.80. The fourth-order valence-electron chi connectivity index (χ4n) is 2.79. The van der Waals surface area contributed by atoms with E-state index in [1.165, 1.54) is 12.2 Å². The molecule has 1 rings (SSSR count). The van der Waals surface area contributed by atoms with Crippen LogP contribution in [0.15, 0.2) is 24.3 Å². The number of carbonyl (C=O) groups excluding carboxylic acids is 5. The summed E-state index contributed by atoms with van der Waals surface area (Å²) in [5.41, 5.74) is 10.3. The Labute approximate surface area is 185 Å². The molecule has 5 unspecified atom stereocenters. The van der Waals surface area contributed by atoms with Crippen molar-refractivity contribution in [1.29, 1.82) is 0 Å². The standard InChI is InChI=1S/C19H30N6O7/c1-4-5-23-19(31)32-13-7-10(18(30)25-12(16(21)28)8-14(20)26)6-11(15(13)27)24-17(29)9(2)22-3/h4,6,9,11-13,15,22,27H,1,5,7-8H2,2-3H3,(H2,20,26)(H2,21,28)(H,23,31)(H,24,29)(H,25,30). The molecule has 0 fully saturated rings. The number of alkyl carbamates (subject to hydrolysis) is 1.